The molecule has 0 aliphatic heterocycles. The number of nitrogens with one attached hydrogen (secondary N) is 1. The maximum absolute atomic E-state index is 13.4. The summed E-state index contributed by atoms with van der Waals surface area (Å²) in [5.41, 5.74) is 3.26. The normalized spacial score (nSPS) is 10.8. The summed E-state index contributed by atoms with van der Waals surface area (Å²) in [6, 6.07) is 13.3. The number of hydrogen-bond donors (Lipinski definition) is 1. The SMILES string of the molecule is C=NCCNC(=O)c1cnc2nc(-c3ccc(F)cc3)c(-c3ccc(F)cc3)nc2c1. The molecule has 0 saturated heterocycles. The molecular formula is C23H17F2N5O. The lowest BCUT2D eigenvalue weighted by atomic mass is 10.0. The highest BCUT2D eigenvalue weighted by atomic mass is 19.1. The molecule has 0 radical (unpaired) electrons. The molecule has 0 aliphatic rings. The summed E-state index contributed by atoms with van der Waals surface area (Å²) in [5, 5.41) is 2.72. The minimum absolute atomic E-state index is 0.314. The van der Waals surface area contributed by atoms with Crippen molar-refractivity contribution in [2.75, 3.05) is 13.1 Å². The van der Waals surface area contributed by atoms with E-state index in [1.165, 1.54) is 30.5 Å². The third-order valence-corrected chi connectivity index (χ3v) is 4.57. The second-order valence-electron chi connectivity index (χ2n) is 6.70. The molecule has 0 unspecified atom stereocenters. The maximum atomic E-state index is 13.4. The molecule has 2 aromatic carbocycles. The fraction of sp³-hybridized carbons (Fsp3) is 0.0870. The number of benzene rings is 2. The number of aromatic nitrogens is 3. The van der Waals surface area contributed by atoms with Gasteiger partial charge < -0.3 is 5.32 Å². The van der Waals surface area contributed by atoms with Gasteiger partial charge in [0.2, 0.25) is 0 Å². The third-order valence-electron chi connectivity index (χ3n) is 4.57. The monoisotopic (exact) mass is 417 g/mol. The van der Waals surface area contributed by atoms with Gasteiger partial charge in [0.25, 0.3) is 5.91 Å². The summed E-state index contributed by atoms with van der Waals surface area (Å²) in [5.74, 6) is -1.07. The molecule has 4 rings (SSSR count). The maximum Gasteiger partial charge on any atom is 0.252 e. The van der Waals surface area contributed by atoms with Gasteiger partial charge >= 0.3 is 0 Å². The number of fused-ring (bicyclic) bond motifs is 1. The number of carbonyl (C=O) groups is 1. The predicted molar refractivity (Wildman–Crippen MR) is 115 cm³/mol. The number of aliphatic imine (C=N–C) groups is 1. The molecule has 0 aliphatic carbocycles. The Morgan fingerprint density at radius 3 is 2.10 bits per heavy atom. The van der Waals surface area contributed by atoms with E-state index in [-0.39, 0.29) is 17.5 Å². The quantitative estimate of drug-likeness (QED) is 0.379. The number of amides is 1. The second kappa shape index (κ2) is 8.74. The van der Waals surface area contributed by atoms with Gasteiger partial charge in [-0.3, -0.25) is 9.79 Å². The van der Waals surface area contributed by atoms with Gasteiger partial charge in [-0.05, 0) is 61.3 Å². The van der Waals surface area contributed by atoms with E-state index < -0.39 is 0 Å². The number of nitrogens with zero attached hydrogens (tertiary/aromatic N) is 4. The van der Waals surface area contributed by atoms with Crippen LogP contribution in [0, 0.1) is 11.6 Å². The van der Waals surface area contributed by atoms with Crippen molar-refractivity contribution in [1.29, 1.82) is 0 Å². The molecule has 31 heavy (non-hydrogen) atoms. The van der Waals surface area contributed by atoms with Crippen LogP contribution in [0.1, 0.15) is 10.4 Å². The first-order valence-electron chi connectivity index (χ1n) is 9.45. The van der Waals surface area contributed by atoms with E-state index in [0.29, 0.717) is 52.3 Å². The lowest BCUT2D eigenvalue weighted by molar-refractivity contribution is 0.0954. The van der Waals surface area contributed by atoms with Crippen molar-refractivity contribution >= 4 is 23.8 Å². The average molecular weight is 417 g/mol. The van der Waals surface area contributed by atoms with Crippen molar-refractivity contribution in [2.24, 2.45) is 4.99 Å². The van der Waals surface area contributed by atoms with Crippen LogP contribution >= 0.6 is 0 Å². The van der Waals surface area contributed by atoms with E-state index in [0.717, 1.165) is 0 Å². The van der Waals surface area contributed by atoms with Gasteiger partial charge in [0.05, 0.1) is 23.5 Å². The van der Waals surface area contributed by atoms with Crippen molar-refractivity contribution in [3.8, 4) is 22.5 Å². The minimum Gasteiger partial charge on any atom is -0.350 e. The first-order valence-corrected chi connectivity index (χ1v) is 9.45. The molecule has 154 valence electrons. The highest BCUT2D eigenvalue weighted by molar-refractivity contribution is 5.97. The second-order valence-corrected chi connectivity index (χ2v) is 6.70. The summed E-state index contributed by atoms with van der Waals surface area (Å²) in [7, 11) is 0. The fourth-order valence-corrected chi connectivity index (χ4v) is 3.04. The molecule has 0 atom stereocenters. The molecule has 0 spiro atoms. The highest BCUT2D eigenvalue weighted by Crippen LogP contribution is 2.31. The molecule has 6 nitrogen and oxygen atoms in total. The van der Waals surface area contributed by atoms with Gasteiger partial charge in [0.1, 0.15) is 17.2 Å². The van der Waals surface area contributed by atoms with E-state index >= 15 is 0 Å². The van der Waals surface area contributed by atoms with Crippen molar-refractivity contribution < 1.29 is 13.6 Å². The minimum atomic E-state index is -0.379. The summed E-state index contributed by atoms with van der Waals surface area (Å²) >= 11 is 0. The van der Waals surface area contributed by atoms with Crippen LogP contribution in [0.25, 0.3) is 33.7 Å². The summed E-state index contributed by atoms with van der Waals surface area (Å²) in [6.45, 7) is 4.14. The fourth-order valence-electron chi connectivity index (χ4n) is 3.04. The summed E-state index contributed by atoms with van der Waals surface area (Å²) < 4.78 is 26.9. The summed E-state index contributed by atoms with van der Waals surface area (Å²) in [4.78, 5) is 29.6. The van der Waals surface area contributed by atoms with Gasteiger partial charge in [-0.25, -0.2) is 23.7 Å². The van der Waals surface area contributed by atoms with E-state index in [1.807, 2.05) is 0 Å². The Labute approximate surface area is 176 Å². The number of halogens is 2. The van der Waals surface area contributed by atoms with Crippen LogP contribution in [0.2, 0.25) is 0 Å². The van der Waals surface area contributed by atoms with Crippen molar-refractivity contribution in [3.05, 3.63) is 78.0 Å². The zero-order chi connectivity index (χ0) is 21.8. The topological polar surface area (TPSA) is 80.1 Å². The van der Waals surface area contributed by atoms with Crippen LogP contribution in [0.15, 0.2) is 65.8 Å². The Morgan fingerprint density at radius 1 is 0.935 bits per heavy atom. The summed E-state index contributed by atoms with van der Waals surface area (Å²) in [6.07, 6.45) is 1.42. The number of pyridine rings is 1. The third kappa shape index (κ3) is 4.42. The molecule has 0 saturated carbocycles. The van der Waals surface area contributed by atoms with Crippen molar-refractivity contribution in [1.82, 2.24) is 20.3 Å². The molecular weight excluding hydrogens is 400 g/mol. The molecule has 4 aromatic rings. The number of hydrogen-bond acceptors (Lipinski definition) is 5. The molecule has 0 bridgehead atoms. The van der Waals surface area contributed by atoms with E-state index in [1.54, 1.807) is 30.3 Å². The van der Waals surface area contributed by atoms with Crippen LogP contribution < -0.4 is 5.32 Å². The Hall–Kier alpha value is -4.07. The van der Waals surface area contributed by atoms with E-state index in [2.05, 4.69) is 32.0 Å². The standard InChI is InChI=1S/C23H17F2N5O/c1-26-10-11-27-23(31)16-12-19-22(28-13-16)30-21(15-4-8-18(25)9-5-15)20(29-19)14-2-6-17(24)7-3-14/h2-9,12-13H,1,10-11H2,(H,27,31). The van der Waals surface area contributed by atoms with Gasteiger partial charge in [0.15, 0.2) is 5.65 Å². The van der Waals surface area contributed by atoms with Crippen LogP contribution in [-0.2, 0) is 0 Å². The largest absolute Gasteiger partial charge is 0.350 e. The zero-order valence-corrected chi connectivity index (χ0v) is 16.3. The Morgan fingerprint density at radius 2 is 1.52 bits per heavy atom. The van der Waals surface area contributed by atoms with Crippen molar-refractivity contribution in [2.45, 2.75) is 0 Å². The molecule has 1 amide bonds. The van der Waals surface area contributed by atoms with E-state index in [4.69, 9.17) is 0 Å². The van der Waals surface area contributed by atoms with E-state index in [9.17, 15) is 13.6 Å². The van der Waals surface area contributed by atoms with Gasteiger partial charge in [-0.1, -0.05) is 0 Å². The first-order chi connectivity index (χ1) is 15.0. The average Bonchev–Trinajstić information content (AvgIpc) is 2.79. The first kappa shape index (κ1) is 20.2. The Balaban J connectivity index is 1.84. The Bertz CT molecular complexity index is 1260. The molecule has 1 N–H and O–H groups in total. The van der Waals surface area contributed by atoms with Crippen LogP contribution in [0.5, 0.6) is 0 Å². The molecule has 2 heterocycles. The zero-order valence-electron chi connectivity index (χ0n) is 16.3. The molecule has 2 aromatic heterocycles. The number of rotatable bonds is 6. The smallest absolute Gasteiger partial charge is 0.252 e. The van der Waals surface area contributed by atoms with Gasteiger partial charge in [0, 0.05) is 23.9 Å². The Kier molecular flexibility index (Phi) is 5.70. The van der Waals surface area contributed by atoms with Crippen molar-refractivity contribution in [3.63, 3.8) is 0 Å². The van der Waals surface area contributed by atoms with Crippen LogP contribution in [0.3, 0.4) is 0 Å². The predicted octanol–water partition coefficient (Wildman–Crippen LogP) is 4.07. The highest BCUT2D eigenvalue weighted by Gasteiger charge is 2.16. The molecule has 0 fully saturated rings. The van der Waals surface area contributed by atoms with Gasteiger partial charge in [-0.2, -0.15) is 0 Å². The van der Waals surface area contributed by atoms with Gasteiger partial charge in [-0.15, -0.1) is 0 Å². The lowest BCUT2D eigenvalue weighted by Gasteiger charge is -2.11. The van der Waals surface area contributed by atoms with Crippen LogP contribution in [0.4, 0.5) is 8.78 Å². The molecule has 8 heteroatoms. The number of carbonyl (C=O) groups excluding carboxylic acids is 1. The van der Waals surface area contributed by atoms with Crippen LogP contribution in [-0.4, -0.2) is 40.7 Å². The lowest BCUT2D eigenvalue weighted by Crippen LogP contribution is -2.26.